The van der Waals surface area contributed by atoms with Crippen LogP contribution in [-0.2, 0) is 0 Å². The summed E-state index contributed by atoms with van der Waals surface area (Å²) >= 11 is 5.92. The second-order valence-corrected chi connectivity index (χ2v) is 6.55. The van der Waals surface area contributed by atoms with E-state index in [0.29, 0.717) is 30.4 Å². The smallest absolute Gasteiger partial charge is 0.293 e. The van der Waals surface area contributed by atoms with Crippen LogP contribution in [0, 0.1) is 6.92 Å². The van der Waals surface area contributed by atoms with Crippen LogP contribution >= 0.6 is 11.6 Å². The summed E-state index contributed by atoms with van der Waals surface area (Å²) in [5.41, 5.74) is 0.808. The van der Waals surface area contributed by atoms with Gasteiger partial charge in [-0.25, -0.2) is 9.67 Å². The normalized spacial score (nSPS) is 10.6. The van der Waals surface area contributed by atoms with Crippen LogP contribution in [0.5, 0.6) is 5.75 Å². The lowest BCUT2D eigenvalue weighted by Crippen LogP contribution is -2.29. The molecule has 3 rings (SSSR count). The van der Waals surface area contributed by atoms with Gasteiger partial charge in [0.2, 0.25) is 5.82 Å². The van der Waals surface area contributed by atoms with Crippen molar-refractivity contribution in [3.8, 4) is 11.4 Å². The van der Waals surface area contributed by atoms with Crippen molar-refractivity contribution >= 4 is 17.5 Å². The van der Waals surface area contributed by atoms with Crippen LogP contribution < -0.4 is 4.74 Å². The Labute approximate surface area is 163 Å². The maximum atomic E-state index is 12.6. The van der Waals surface area contributed by atoms with Gasteiger partial charge in [0.15, 0.2) is 0 Å². The summed E-state index contributed by atoms with van der Waals surface area (Å²) in [5.74, 6) is 1.42. The quantitative estimate of drug-likeness (QED) is 0.582. The monoisotopic (exact) mass is 384 g/mol. The number of amides is 1. The van der Waals surface area contributed by atoms with E-state index in [2.05, 4.69) is 10.1 Å². The van der Waals surface area contributed by atoms with Crippen LogP contribution in [0.2, 0.25) is 5.02 Å². The van der Waals surface area contributed by atoms with Gasteiger partial charge in [0.25, 0.3) is 5.91 Å². The van der Waals surface area contributed by atoms with E-state index in [9.17, 15) is 4.79 Å². The van der Waals surface area contributed by atoms with E-state index >= 15 is 0 Å². The summed E-state index contributed by atoms with van der Waals surface area (Å²) in [6.45, 7) is 2.90. The number of aryl methyl sites for hydroxylation is 1. The number of halogens is 1. The Morgan fingerprint density at radius 3 is 2.56 bits per heavy atom. The Morgan fingerprint density at radius 1 is 1.15 bits per heavy atom. The lowest BCUT2D eigenvalue weighted by Gasteiger charge is -2.15. The minimum absolute atomic E-state index is 0.175. The lowest BCUT2D eigenvalue weighted by molar-refractivity contribution is 0.0776. The first-order chi connectivity index (χ1) is 13.0. The van der Waals surface area contributed by atoms with Gasteiger partial charge in [0, 0.05) is 18.6 Å². The number of hydrogen-bond acceptors (Lipinski definition) is 4. The fourth-order valence-corrected chi connectivity index (χ4v) is 2.71. The largest absolute Gasteiger partial charge is 0.494 e. The van der Waals surface area contributed by atoms with E-state index in [0.717, 1.165) is 11.4 Å². The van der Waals surface area contributed by atoms with Crippen molar-refractivity contribution in [2.45, 2.75) is 13.3 Å². The maximum Gasteiger partial charge on any atom is 0.293 e. The molecule has 6 nitrogen and oxygen atoms in total. The number of rotatable bonds is 7. The molecule has 0 aliphatic heterocycles. The van der Waals surface area contributed by atoms with Crippen molar-refractivity contribution in [1.29, 1.82) is 0 Å². The predicted molar refractivity (Wildman–Crippen MR) is 105 cm³/mol. The molecule has 3 aromatic rings. The molecular weight excluding hydrogens is 364 g/mol. The summed E-state index contributed by atoms with van der Waals surface area (Å²) in [6, 6.07) is 16.8. The highest BCUT2D eigenvalue weighted by molar-refractivity contribution is 6.30. The zero-order valence-corrected chi connectivity index (χ0v) is 16.1. The van der Waals surface area contributed by atoms with Crippen LogP contribution in [0.3, 0.4) is 0 Å². The fraction of sp³-hybridized carbons (Fsp3) is 0.250. The van der Waals surface area contributed by atoms with Crippen LogP contribution in [0.15, 0.2) is 54.6 Å². The molecule has 0 spiro atoms. The van der Waals surface area contributed by atoms with Gasteiger partial charge in [0.1, 0.15) is 11.6 Å². The number of aromatic nitrogens is 3. The lowest BCUT2D eigenvalue weighted by atomic mass is 10.3. The van der Waals surface area contributed by atoms with E-state index in [-0.39, 0.29) is 11.7 Å². The van der Waals surface area contributed by atoms with E-state index in [1.54, 1.807) is 28.8 Å². The maximum absolute atomic E-state index is 12.6. The molecule has 0 aliphatic rings. The molecule has 1 heterocycles. The zero-order valence-electron chi connectivity index (χ0n) is 15.3. The van der Waals surface area contributed by atoms with Crippen molar-refractivity contribution in [2.24, 2.45) is 0 Å². The number of nitrogens with zero attached hydrogens (tertiary/aromatic N) is 4. The van der Waals surface area contributed by atoms with Crippen LogP contribution in [0.4, 0.5) is 0 Å². The number of carbonyl (C=O) groups excluding carboxylic acids is 1. The number of hydrogen-bond donors (Lipinski definition) is 0. The molecule has 7 heteroatoms. The third-order valence-electron chi connectivity index (χ3n) is 4.03. The van der Waals surface area contributed by atoms with E-state index in [1.165, 1.54) is 0 Å². The van der Waals surface area contributed by atoms with Crippen molar-refractivity contribution < 1.29 is 9.53 Å². The summed E-state index contributed by atoms with van der Waals surface area (Å²) < 4.78 is 7.28. The molecule has 0 atom stereocenters. The number of benzene rings is 2. The predicted octanol–water partition coefficient (Wildman–Crippen LogP) is 3.77. The SMILES string of the molecule is Cc1nc(C(=O)N(C)CCCOc2ccccc2)nn1-c1ccc(Cl)cc1. The number of para-hydroxylation sites is 1. The standard InChI is InChI=1S/C20H21ClN4O2/c1-15-22-19(23-25(15)17-11-9-16(21)10-12-17)20(26)24(2)13-6-14-27-18-7-4-3-5-8-18/h3-5,7-12H,6,13-14H2,1-2H3. The summed E-state index contributed by atoms with van der Waals surface area (Å²) in [7, 11) is 1.74. The highest BCUT2D eigenvalue weighted by Crippen LogP contribution is 2.15. The molecule has 0 unspecified atom stereocenters. The number of carbonyl (C=O) groups is 1. The average molecular weight is 385 g/mol. The second kappa shape index (κ2) is 8.68. The van der Waals surface area contributed by atoms with Gasteiger partial charge in [-0.05, 0) is 49.7 Å². The summed E-state index contributed by atoms with van der Waals surface area (Å²) in [5, 5.41) is 4.99. The minimum Gasteiger partial charge on any atom is -0.494 e. The molecular formula is C20H21ClN4O2. The Kier molecular flexibility index (Phi) is 6.08. The molecule has 0 fully saturated rings. The first kappa shape index (κ1) is 18.9. The molecule has 1 amide bonds. The van der Waals surface area contributed by atoms with E-state index < -0.39 is 0 Å². The van der Waals surface area contributed by atoms with Crippen molar-refractivity contribution in [1.82, 2.24) is 19.7 Å². The first-order valence-corrected chi connectivity index (χ1v) is 9.05. The van der Waals surface area contributed by atoms with Gasteiger partial charge in [-0.15, -0.1) is 5.10 Å². The molecule has 27 heavy (non-hydrogen) atoms. The fourth-order valence-electron chi connectivity index (χ4n) is 2.59. The Hall–Kier alpha value is -2.86. The first-order valence-electron chi connectivity index (χ1n) is 8.67. The Morgan fingerprint density at radius 2 is 1.85 bits per heavy atom. The van der Waals surface area contributed by atoms with E-state index in [4.69, 9.17) is 16.3 Å². The Balaban J connectivity index is 1.57. The summed E-state index contributed by atoms with van der Waals surface area (Å²) in [6.07, 6.45) is 0.716. The van der Waals surface area contributed by atoms with E-state index in [1.807, 2.05) is 49.4 Å². The highest BCUT2D eigenvalue weighted by Gasteiger charge is 2.18. The molecule has 0 saturated carbocycles. The van der Waals surface area contributed by atoms with Gasteiger partial charge in [-0.1, -0.05) is 29.8 Å². The number of ether oxygens (including phenoxy) is 1. The molecule has 1 aromatic heterocycles. The average Bonchev–Trinajstić information content (AvgIpc) is 3.07. The summed E-state index contributed by atoms with van der Waals surface area (Å²) in [4.78, 5) is 18.5. The molecule has 0 aliphatic carbocycles. The van der Waals surface area contributed by atoms with Gasteiger partial charge in [-0.3, -0.25) is 4.79 Å². The molecule has 0 N–H and O–H groups in total. The second-order valence-electron chi connectivity index (χ2n) is 6.11. The third-order valence-corrected chi connectivity index (χ3v) is 4.28. The molecule has 0 saturated heterocycles. The van der Waals surface area contributed by atoms with Crippen LogP contribution in [0.1, 0.15) is 22.9 Å². The zero-order chi connectivity index (χ0) is 19.2. The van der Waals surface area contributed by atoms with Crippen LogP contribution in [0.25, 0.3) is 5.69 Å². The molecule has 140 valence electrons. The topological polar surface area (TPSA) is 60.3 Å². The van der Waals surface area contributed by atoms with Gasteiger partial charge >= 0.3 is 0 Å². The van der Waals surface area contributed by atoms with Gasteiger partial charge in [-0.2, -0.15) is 0 Å². The van der Waals surface area contributed by atoms with Crippen molar-refractivity contribution in [3.63, 3.8) is 0 Å². The molecule has 2 aromatic carbocycles. The molecule has 0 bridgehead atoms. The van der Waals surface area contributed by atoms with Crippen molar-refractivity contribution in [3.05, 3.63) is 71.3 Å². The third kappa shape index (κ3) is 4.86. The van der Waals surface area contributed by atoms with Gasteiger partial charge in [0.05, 0.1) is 12.3 Å². The van der Waals surface area contributed by atoms with Gasteiger partial charge < -0.3 is 9.64 Å². The molecule has 0 radical (unpaired) electrons. The minimum atomic E-state index is -0.217. The Bertz CT molecular complexity index is 894. The van der Waals surface area contributed by atoms with Crippen molar-refractivity contribution in [2.75, 3.05) is 20.2 Å². The van der Waals surface area contributed by atoms with Crippen LogP contribution in [-0.4, -0.2) is 45.8 Å². The highest BCUT2D eigenvalue weighted by atomic mass is 35.5.